The minimum Gasteiger partial charge on any atom is -0.490 e. The lowest BCUT2D eigenvalue weighted by molar-refractivity contribution is 0.117. The van der Waals surface area contributed by atoms with Crippen molar-refractivity contribution >= 4 is 11.7 Å². The summed E-state index contributed by atoms with van der Waals surface area (Å²) < 4.78 is 5.96. The average Bonchev–Trinajstić information content (AvgIpc) is 3.26. The topological polar surface area (TPSA) is 61.8 Å². The van der Waals surface area contributed by atoms with Gasteiger partial charge in [0.05, 0.1) is 12.2 Å². The molecule has 23 heavy (non-hydrogen) atoms. The van der Waals surface area contributed by atoms with Crippen LogP contribution in [0, 0.1) is 5.92 Å². The molecule has 3 rings (SSSR count). The molecule has 0 radical (unpaired) electrons. The lowest BCUT2D eigenvalue weighted by atomic mass is 10.2. The Morgan fingerprint density at radius 2 is 2.09 bits per heavy atom. The van der Waals surface area contributed by atoms with Gasteiger partial charge in [-0.3, -0.25) is 0 Å². The van der Waals surface area contributed by atoms with Gasteiger partial charge in [-0.05, 0) is 56.6 Å². The Bertz CT molecular complexity index is 539. The number of hydrogen-bond acceptors (Lipinski definition) is 3. The zero-order valence-corrected chi connectivity index (χ0v) is 13.7. The number of rotatable bonds is 6. The van der Waals surface area contributed by atoms with Crippen LogP contribution in [0.3, 0.4) is 0 Å². The van der Waals surface area contributed by atoms with E-state index >= 15 is 0 Å². The largest absolute Gasteiger partial charge is 0.490 e. The van der Waals surface area contributed by atoms with Gasteiger partial charge in [-0.15, -0.1) is 0 Å². The highest BCUT2D eigenvalue weighted by atomic mass is 16.5. The van der Waals surface area contributed by atoms with Crippen LogP contribution in [0.15, 0.2) is 24.3 Å². The molecule has 0 bridgehead atoms. The molecule has 2 amide bonds. The Labute approximate surface area is 137 Å². The second-order valence-corrected chi connectivity index (χ2v) is 6.77. The fourth-order valence-corrected chi connectivity index (χ4v) is 3.06. The first-order chi connectivity index (χ1) is 11.1. The maximum atomic E-state index is 12.2. The molecule has 2 aliphatic carbocycles. The highest BCUT2D eigenvalue weighted by molar-refractivity contribution is 5.89. The Morgan fingerprint density at radius 1 is 1.35 bits per heavy atom. The number of likely N-dealkylation sites (N-methyl/N-ethyl adjacent to an activating group) is 1. The molecule has 2 N–H and O–H groups in total. The number of aliphatic hydroxyl groups is 1. The summed E-state index contributed by atoms with van der Waals surface area (Å²) in [4.78, 5) is 13.7. The number of urea groups is 1. The average molecular weight is 318 g/mol. The molecule has 1 atom stereocenters. The number of nitrogens with one attached hydrogen (secondary N) is 1. The highest BCUT2D eigenvalue weighted by Gasteiger charge is 2.31. The lowest BCUT2D eigenvalue weighted by Crippen LogP contribution is -2.38. The third-order valence-corrected chi connectivity index (χ3v) is 4.66. The van der Waals surface area contributed by atoms with Crippen molar-refractivity contribution in [3.05, 3.63) is 24.3 Å². The smallest absolute Gasteiger partial charge is 0.321 e. The monoisotopic (exact) mass is 318 g/mol. The van der Waals surface area contributed by atoms with E-state index in [0.29, 0.717) is 18.6 Å². The lowest BCUT2D eigenvalue weighted by Gasteiger charge is -2.21. The SMILES string of the molecule is CN(CC(O)C1CC1)C(=O)Nc1cccc(OC2CCCC2)c1. The number of ether oxygens (including phenoxy) is 1. The second kappa shape index (κ2) is 7.21. The number of nitrogens with zero attached hydrogens (tertiary/aromatic N) is 1. The summed E-state index contributed by atoms with van der Waals surface area (Å²) in [6.07, 6.45) is 6.70. The van der Waals surface area contributed by atoms with E-state index in [0.717, 1.165) is 37.1 Å². The Balaban J connectivity index is 1.52. The first-order valence-corrected chi connectivity index (χ1v) is 8.59. The van der Waals surface area contributed by atoms with Crippen molar-refractivity contribution in [2.24, 2.45) is 5.92 Å². The summed E-state index contributed by atoms with van der Waals surface area (Å²) in [6, 6.07) is 7.32. The zero-order valence-electron chi connectivity index (χ0n) is 13.7. The first-order valence-electron chi connectivity index (χ1n) is 8.59. The summed E-state index contributed by atoms with van der Waals surface area (Å²) in [7, 11) is 1.71. The van der Waals surface area contributed by atoms with Crippen LogP contribution in [0.5, 0.6) is 5.75 Å². The molecular formula is C18H26N2O3. The van der Waals surface area contributed by atoms with Crippen LogP contribution < -0.4 is 10.1 Å². The van der Waals surface area contributed by atoms with E-state index in [1.165, 1.54) is 17.7 Å². The van der Waals surface area contributed by atoms with Gasteiger partial charge in [-0.2, -0.15) is 0 Å². The molecular weight excluding hydrogens is 292 g/mol. The summed E-state index contributed by atoms with van der Waals surface area (Å²) in [5, 5.41) is 12.8. The van der Waals surface area contributed by atoms with Gasteiger partial charge in [-0.25, -0.2) is 4.79 Å². The van der Waals surface area contributed by atoms with Gasteiger partial charge in [0.25, 0.3) is 0 Å². The first kappa shape index (κ1) is 16.1. The summed E-state index contributed by atoms with van der Waals surface area (Å²) in [6.45, 7) is 0.370. The number of hydrogen-bond donors (Lipinski definition) is 2. The standard InChI is InChI=1S/C18H26N2O3/c1-20(12-17(21)13-9-10-13)18(22)19-14-5-4-8-16(11-14)23-15-6-2-3-7-15/h4-5,8,11,13,15,17,21H,2-3,6-7,9-10,12H2,1H3,(H,19,22). The molecule has 1 unspecified atom stereocenters. The molecule has 2 fully saturated rings. The van der Waals surface area contributed by atoms with Crippen LogP contribution in [0.1, 0.15) is 38.5 Å². The number of aliphatic hydroxyl groups excluding tert-OH is 1. The fourth-order valence-electron chi connectivity index (χ4n) is 3.06. The van der Waals surface area contributed by atoms with Crippen molar-refractivity contribution < 1.29 is 14.6 Å². The molecule has 0 spiro atoms. The van der Waals surface area contributed by atoms with E-state index in [4.69, 9.17) is 4.74 Å². The van der Waals surface area contributed by atoms with Crippen LogP contribution in [-0.2, 0) is 0 Å². The van der Waals surface area contributed by atoms with E-state index in [2.05, 4.69) is 5.32 Å². The fraction of sp³-hybridized carbons (Fsp3) is 0.611. The molecule has 126 valence electrons. The van der Waals surface area contributed by atoms with Crippen LogP contribution >= 0.6 is 0 Å². The number of carbonyl (C=O) groups is 1. The van der Waals surface area contributed by atoms with Crippen LogP contribution in [0.4, 0.5) is 10.5 Å². The normalized spacial score (nSPS) is 19.4. The predicted octanol–water partition coefficient (Wildman–Crippen LogP) is 3.24. The van der Waals surface area contributed by atoms with Crippen molar-refractivity contribution in [3.63, 3.8) is 0 Å². The van der Waals surface area contributed by atoms with Gasteiger partial charge in [0.2, 0.25) is 0 Å². The van der Waals surface area contributed by atoms with Gasteiger partial charge in [0.15, 0.2) is 0 Å². The summed E-state index contributed by atoms with van der Waals surface area (Å²) >= 11 is 0. The van der Waals surface area contributed by atoms with Crippen LogP contribution in [0.2, 0.25) is 0 Å². The van der Waals surface area contributed by atoms with Gasteiger partial charge < -0.3 is 20.1 Å². The molecule has 0 heterocycles. The third kappa shape index (κ3) is 4.61. The van der Waals surface area contributed by atoms with Crippen molar-refractivity contribution in [2.45, 2.75) is 50.7 Å². The zero-order chi connectivity index (χ0) is 16.2. The van der Waals surface area contributed by atoms with Crippen molar-refractivity contribution in [1.82, 2.24) is 4.90 Å². The van der Waals surface area contributed by atoms with E-state index in [-0.39, 0.29) is 6.03 Å². The molecule has 2 aliphatic rings. The van der Waals surface area contributed by atoms with Crippen LogP contribution in [0.25, 0.3) is 0 Å². The van der Waals surface area contributed by atoms with E-state index in [1.54, 1.807) is 7.05 Å². The molecule has 1 aromatic rings. The number of benzene rings is 1. The summed E-state index contributed by atoms with van der Waals surface area (Å²) in [5.74, 6) is 1.17. The quantitative estimate of drug-likeness (QED) is 0.846. The number of carbonyl (C=O) groups excluding carboxylic acids is 1. The van der Waals surface area contributed by atoms with Crippen molar-refractivity contribution in [3.8, 4) is 5.75 Å². The van der Waals surface area contributed by atoms with E-state index < -0.39 is 6.10 Å². The van der Waals surface area contributed by atoms with E-state index in [1.807, 2.05) is 24.3 Å². The molecule has 5 heteroatoms. The molecule has 1 aromatic carbocycles. The van der Waals surface area contributed by atoms with Gasteiger partial charge >= 0.3 is 6.03 Å². The number of amides is 2. The molecule has 0 aliphatic heterocycles. The van der Waals surface area contributed by atoms with E-state index in [9.17, 15) is 9.90 Å². The van der Waals surface area contributed by atoms with Crippen molar-refractivity contribution in [1.29, 1.82) is 0 Å². The molecule has 0 aromatic heterocycles. The van der Waals surface area contributed by atoms with Crippen LogP contribution in [-0.4, -0.2) is 41.8 Å². The van der Waals surface area contributed by atoms with Gasteiger partial charge in [0.1, 0.15) is 5.75 Å². The molecule has 5 nitrogen and oxygen atoms in total. The minimum absolute atomic E-state index is 0.206. The maximum Gasteiger partial charge on any atom is 0.321 e. The Morgan fingerprint density at radius 3 is 2.78 bits per heavy atom. The minimum atomic E-state index is -0.414. The van der Waals surface area contributed by atoms with Gasteiger partial charge in [0, 0.05) is 25.3 Å². The predicted molar refractivity (Wildman–Crippen MR) is 89.7 cm³/mol. The molecule has 2 saturated carbocycles. The van der Waals surface area contributed by atoms with Gasteiger partial charge in [-0.1, -0.05) is 6.07 Å². The highest BCUT2D eigenvalue weighted by Crippen LogP contribution is 2.32. The number of anilines is 1. The summed E-state index contributed by atoms with van der Waals surface area (Å²) in [5.41, 5.74) is 0.721. The maximum absolute atomic E-state index is 12.2. The molecule has 0 saturated heterocycles. The Hall–Kier alpha value is -1.75. The third-order valence-electron chi connectivity index (χ3n) is 4.66. The van der Waals surface area contributed by atoms with Crippen molar-refractivity contribution in [2.75, 3.05) is 18.9 Å². The Kier molecular flexibility index (Phi) is 5.06. The second-order valence-electron chi connectivity index (χ2n) is 6.77.